The number of ether oxygens (including phenoxy) is 6. The first-order valence-electron chi connectivity index (χ1n) is 26.6. The van der Waals surface area contributed by atoms with E-state index >= 15 is 13.2 Å². The van der Waals surface area contributed by atoms with Crippen LogP contribution in [0.15, 0.2) is 88.9 Å². The topological polar surface area (TPSA) is 233 Å². The van der Waals surface area contributed by atoms with Crippen LogP contribution in [-0.2, 0) is 42.6 Å². The molecular formula is C57H69F4N9O12S3. The minimum absolute atomic E-state index is 0.0827. The van der Waals surface area contributed by atoms with Crippen LogP contribution in [0, 0.1) is 37.2 Å². The van der Waals surface area contributed by atoms with Gasteiger partial charge in [-0.15, -0.1) is 0 Å². The summed E-state index contributed by atoms with van der Waals surface area (Å²) >= 11 is 0.759. The summed E-state index contributed by atoms with van der Waals surface area (Å²) in [6.07, 6.45) is 1.36. The van der Waals surface area contributed by atoms with Gasteiger partial charge < -0.3 is 48.9 Å². The number of nitrogens with one attached hydrogen (secondary N) is 2. The SMILES string of the molecule is COc1ccc(CN(c2cccc(F)n2)S(=O)(=O)c2cc(C)c(N[C@H]3CCN(C(=O)OC(C)(C)C)C3)cc2F)c(OC)c1.COc1ccc(CN(c2ncns2)S(=O)(=O)c2c(F)cc(N[C@H]3CCN(C(=O)OC(C)(C)C)C3)c(C)c2F)c(OC)c1. The van der Waals surface area contributed by atoms with Crippen molar-refractivity contribution in [3.63, 3.8) is 0 Å². The minimum atomic E-state index is -4.82. The Hall–Kier alpha value is -7.85. The lowest BCUT2D eigenvalue weighted by molar-refractivity contribution is 0.0283. The lowest BCUT2D eigenvalue weighted by Gasteiger charge is -2.26. The Morgan fingerprint density at radius 1 is 0.671 bits per heavy atom. The van der Waals surface area contributed by atoms with E-state index in [1.165, 1.54) is 58.5 Å². The second kappa shape index (κ2) is 26.6. The lowest BCUT2D eigenvalue weighted by atomic mass is 10.1. The van der Waals surface area contributed by atoms with Gasteiger partial charge in [0.1, 0.15) is 62.9 Å². The Bertz CT molecular complexity index is 3610. The normalized spacial score (nSPS) is 15.3. The average Bonchev–Trinajstić information content (AvgIpc) is 1.63. The highest BCUT2D eigenvalue weighted by molar-refractivity contribution is 7.93. The molecule has 2 aliphatic rings. The van der Waals surface area contributed by atoms with Gasteiger partial charge in [-0.25, -0.2) is 58.2 Å². The number of rotatable bonds is 18. The Balaban J connectivity index is 0.000000244. The van der Waals surface area contributed by atoms with Crippen LogP contribution in [0.25, 0.3) is 0 Å². The number of aromatic nitrogens is 3. The molecule has 85 heavy (non-hydrogen) atoms. The van der Waals surface area contributed by atoms with Crippen molar-refractivity contribution in [2.45, 2.75) is 114 Å². The van der Waals surface area contributed by atoms with Crippen molar-refractivity contribution in [2.24, 2.45) is 0 Å². The smallest absolute Gasteiger partial charge is 0.410 e. The fourth-order valence-electron chi connectivity index (χ4n) is 9.13. The van der Waals surface area contributed by atoms with Gasteiger partial charge in [-0.1, -0.05) is 6.07 Å². The molecule has 2 aromatic heterocycles. The van der Waals surface area contributed by atoms with Crippen LogP contribution < -0.4 is 38.2 Å². The number of pyridine rings is 1. The van der Waals surface area contributed by atoms with Crippen LogP contribution in [0.1, 0.15) is 76.6 Å². The molecule has 2 fully saturated rings. The van der Waals surface area contributed by atoms with Crippen LogP contribution in [-0.4, -0.2) is 131 Å². The first-order chi connectivity index (χ1) is 40.0. The molecule has 8 rings (SSSR count). The van der Waals surface area contributed by atoms with Crippen molar-refractivity contribution in [1.82, 2.24) is 24.1 Å². The first kappa shape index (κ1) is 64.7. The maximum absolute atomic E-state index is 15.8. The number of carbonyl (C=O) groups is 2. The van der Waals surface area contributed by atoms with E-state index in [1.807, 2.05) is 0 Å². The zero-order valence-corrected chi connectivity index (χ0v) is 51.5. The maximum atomic E-state index is 15.8. The number of carbonyl (C=O) groups excluding carboxylic acids is 2. The monoisotopic (exact) mass is 1240 g/mol. The number of methoxy groups -OCH3 is 4. The molecule has 2 atom stereocenters. The molecule has 4 aromatic carbocycles. The van der Waals surface area contributed by atoms with Gasteiger partial charge in [0.25, 0.3) is 20.0 Å². The summed E-state index contributed by atoms with van der Waals surface area (Å²) in [5.41, 5.74) is 0.381. The molecule has 460 valence electrons. The van der Waals surface area contributed by atoms with Crippen LogP contribution in [0.3, 0.4) is 0 Å². The molecule has 0 radical (unpaired) electrons. The molecule has 0 spiro atoms. The Kier molecular flexibility index (Phi) is 20.3. The highest BCUT2D eigenvalue weighted by Gasteiger charge is 2.38. The summed E-state index contributed by atoms with van der Waals surface area (Å²) in [7, 11) is -3.63. The van der Waals surface area contributed by atoms with Gasteiger partial charge in [-0.2, -0.15) is 8.76 Å². The van der Waals surface area contributed by atoms with E-state index in [4.69, 9.17) is 28.4 Å². The fraction of sp³-hybridized carbons (Fsp3) is 0.421. The zero-order valence-electron chi connectivity index (χ0n) is 49.1. The van der Waals surface area contributed by atoms with E-state index in [0.29, 0.717) is 77.9 Å². The van der Waals surface area contributed by atoms with Crippen molar-refractivity contribution in [3.8, 4) is 23.0 Å². The summed E-state index contributed by atoms with van der Waals surface area (Å²) < 4.78 is 155. The van der Waals surface area contributed by atoms with Gasteiger partial charge in [0.05, 0.1) is 41.5 Å². The number of benzene rings is 4. The Morgan fingerprint density at radius 2 is 1.19 bits per heavy atom. The molecule has 28 heteroatoms. The number of likely N-dealkylation sites (tertiary alicyclic amines) is 2. The third-order valence-electron chi connectivity index (χ3n) is 13.4. The summed E-state index contributed by atoms with van der Waals surface area (Å²) in [4.78, 5) is 34.0. The molecule has 2 amide bonds. The third-order valence-corrected chi connectivity index (χ3v) is 17.7. The van der Waals surface area contributed by atoms with Gasteiger partial charge in [-0.05, 0) is 128 Å². The molecule has 21 nitrogen and oxygen atoms in total. The van der Waals surface area contributed by atoms with E-state index < -0.39 is 76.6 Å². The number of amides is 2. The van der Waals surface area contributed by atoms with Crippen molar-refractivity contribution in [1.29, 1.82) is 0 Å². The van der Waals surface area contributed by atoms with Gasteiger partial charge in [0.2, 0.25) is 11.1 Å². The van der Waals surface area contributed by atoms with E-state index in [0.717, 1.165) is 44.7 Å². The lowest BCUT2D eigenvalue weighted by Crippen LogP contribution is -2.36. The highest BCUT2D eigenvalue weighted by atomic mass is 32.2. The quantitative estimate of drug-likeness (QED) is 0.0601. The Labute approximate surface area is 496 Å². The molecule has 0 bridgehead atoms. The van der Waals surface area contributed by atoms with Gasteiger partial charge in [-0.3, -0.25) is 0 Å². The molecular weight excluding hydrogens is 1170 g/mol. The van der Waals surface area contributed by atoms with Crippen LogP contribution in [0.4, 0.5) is 49.5 Å². The predicted molar refractivity (Wildman–Crippen MR) is 312 cm³/mol. The summed E-state index contributed by atoms with van der Waals surface area (Å²) in [5, 5.41) is 6.19. The Morgan fingerprint density at radius 3 is 1.67 bits per heavy atom. The summed E-state index contributed by atoms with van der Waals surface area (Å²) in [5.74, 6) is -3.05. The second-order valence-electron chi connectivity index (χ2n) is 21.8. The molecule has 6 aromatic rings. The number of halogens is 4. The van der Waals surface area contributed by atoms with Gasteiger partial charge in [0.15, 0.2) is 10.7 Å². The standard InChI is InChI=1S/C30H36F2N4O6S.C27H33F2N5O6S2/c1-19-14-26(23(31)16-24(19)33-21-12-13-35(18-21)29(37)42-30(2,3)4)43(38,39)36(28-9-7-8-27(32)34-28)17-20-10-11-22(40-5)15-25(20)41-6;1-16-21(32-18-9-10-33(14-18)26(35)40-27(2,3)4)12-20(28)24(23(16)29)42(36,37)34(25-30-15-31-41-25)13-17-7-8-19(38-5)11-22(17)39-6/h7-11,14-16,21,33H,12-13,17-18H2,1-6H3;7-8,11-12,15,18,32H,9-10,13-14H2,1-6H3/t21-;18-/m00/s1. The van der Waals surface area contributed by atoms with Crippen LogP contribution in [0.5, 0.6) is 23.0 Å². The van der Waals surface area contributed by atoms with E-state index in [9.17, 15) is 30.8 Å². The molecule has 2 aliphatic heterocycles. The molecule has 0 aliphatic carbocycles. The first-order valence-corrected chi connectivity index (χ1v) is 30.3. The third kappa shape index (κ3) is 15.7. The molecule has 4 heterocycles. The number of sulfonamides is 2. The molecule has 0 saturated carbocycles. The van der Waals surface area contributed by atoms with E-state index in [-0.39, 0.29) is 53.9 Å². The second-order valence-corrected chi connectivity index (χ2v) is 26.2. The maximum Gasteiger partial charge on any atom is 0.410 e. The highest BCUT2D eigenvalue weighted by Crippen LogP contribution is 2.38. The molecule has 0 unspecified atom stereocenters. The van der Waals surface area contributed by atoms with Crippen molar-refractivity contribution in [2.75, 3.05) is 73.9 Å². The van der Waals surface area contributed by atoms with E-state index in [1.54, 1.807) is 89.8 Å². The summed E-state index contributed by atoms with van der Waals surface area (Å²) in [6.45, 7) is 14.5. The van der Waals surface area contributed by atoms with Gasteiger partial charge >= 0.3 is 12.2 Å². The van der Waals surface area contributed by atoms with Crippen LogP contribution in [0.2, 0.25) is 0 Å². The van der Waals surface area contributed by atoms with Crippen molar-refractivity contribution >= 4 is 66.1 Å². The summed E-state index contributed by atoms with van der Waals surface area (Å²) in [6, 6.07) is 16.1. The predicted octanol–water partition coefficient (Wildman–Crippen LogP) is 10.5. The fourth-order valence-corrected chi connectivity index (χ4v) is 13.0. The van der Waals surface area contributed by atoms with Crippen molar-refractivity contribution in [3.05, 3.63) is 125 Å². The van der Waals surface area contributed by atoms with Gasteiger partial charge in [0, 0.05) is 90.0 Å². The zero-order chi connectivity index (χ0) is 62.3. The number of anilines is 4. The average molecular weight is 1240 g/mol. The number of nitrogens with zero attached hydrogens (tertiary/aromatic N) is 7. The molecule has 2 saturated heterocycles. The largest absolute Gasteiger partial charge is 0.497 e. The number of hydrogen-bond acceptors (Lipinski definition) is 18. The van der Waals surface area contributed by atoms with Crippen LogP contribution >= 0.6 is 11.5 Å². The number of hydrogen-bond donors (Lipinski definition) is 2. The van der Waals surface area contributed by atoms with Crippen molar-refractivity contribution < 1.29 is 72.4 Å². The van der Waals surface area contributed by atoms with E-state index in [2.05, 4.69) is 25.0 Å². The minimum Gasteiger partial charge on any atom is -0.497 e. The number of aryl methyl sites for hydroxylation is 1. The molecule has 2 N–H and O–H groups in total.